The Hall–Kier alpha value is -2.92. The van der Waals surface area contributed by atoms with Crippen LogP contribution in [0.3, 0.4) is 0 Å². The molecule has 0 N–H and O–H groups in total. The lowest BCUT2D eigenvalue weighted by molar-refractivity contribution is -0.147. The Balaban J connectivity index is 1.33. The van der Waals surface area contributed by atoms with Gasteiger partial charge in [0.1, 0.15) is 17.4 Å². The molecule has 0 saturated carbocycles. The molecule has 0 atom stereocenters. The van der Waals surface area contributed by atoms with Crippen LogP contribution in [0.4, 0.5) is 0 Å². The lowest BCUT2D eigenvalue weighted by atomic mass is 10.1. The number of rotatable bonds is 5. The van der Waals surface area contributed by atoms with Gasteiger partial charge in [-0.15, -0.1) is 11.3 Å². The maximum atomic E-state index is 11.9. The van der Waals surface area contributed by atoms with Gasteiger partial charge in [0.05, 0.1) is 10.2 Å². The summed E-state index contributed by atoms with van der Waals surface area (Å²) < 4.78 is 11.9. The summed E-state index contributed by atoms with van der Waals surface area (Å²) in [5.41, 5.74) is 0.922. The van der Waals surface area contributed by atoms with Gasteiger partial charge >= 0.3 is 5.97 Å². The highest BCUT2D eigenvalue weighted by atomic mass is 32.1. The van der Waals surface area contributed by atoms with Crippen LogP contribution in [0, 0.1) is 0 Å². The molecule has 4 nitrogen and oxygen atoms in total. The zero-order valence-corrected chi connectivity index (χ0v) is 14.2. The lowest BCUT2D eigenvalue weighted by Gasteiger charge is -2.07. The minimum atomic E-state index is -0.410. The minimum Gasteiger partial charge on any atom is -0.482 e. The van der Waals surface area contributed by atoms with E-state index in [4.69, 9.17) is 9.47 Å². The maximum Gasteiger partial charge on any atom is 0.344 e. The summed E-state index contributed by atoms with van der Waals surface area (Å²) in [6.45, 7) is 0.0441. The Morgan fingerprint density at radius 1 is 0.960 bits per heavy atom. The molecule has 4 aromatic rings. The van der Waals surface area contributed by atoms with Crippen molar-refractivity contribution < 1.29 is 14.3 Å². The van der Waals surface area contributed by atoms with E-state index in [1.807, 2.05) is 66.7 Å². The van der Waals surface area contributed by atoms with Crippen molar-refractivity contribution in [3.8, 4) is 5.75 Å². The monoisotopic (exact) mass is 349 g/mol. The van der Waals surface area contributed by atoms with E-state index in [1.165, 1.54) is 11.3 Å². The van der Waals surface area contributed by atoms with E-state index in [9.17, 15) is 4.79 Å². The SMILES string of the molecule is O=C(COc1ccc2ccccc2c1)OCc1nc2ccccc2s1. The molecule has 5 heteroatoms. The third kappa shape index (κ3) is 3.61. The summed E-state index contributed by atoms with van der Waals surface area (Å²) in [5, 5.41) is 2.98. The number of para-hydroxylation sites is 1. The molecule has 4 rings (SSSR count). The first-order valence-electron chi connectivity index (χ1n) is 7.90. The number of aromatic nitrogens is 1. The van der Waals surface area contributed by atoms with Crippen molar-refractivity contribution in [2.45, 2.75) is 6.61 Å². The Morgan fingerprint density at radius 2 is 1.76 bits per heavy atom. The molecular formula is C20H15NO3S. The van der Waals surface area contributed by atoms with Gasteiger partial charge in [0.25, 0.3) is 0 Å². The average Bonchev–Trinajstić information content (AvgIpc) is 3.07. The van der Waals surface area contributed by atoms with Crippen LogP contribution in [0.15, 0.2) is 66.7 Å². The molecule has 0 fully saturated rings. The molecule has 3 aromatic carbocycles. The number of ether oxygens (including phenoxy) is 2. The molecular weight excluding hydrogens is 334 g/mol. The van der Waals surface area contributed by atoms with Gasteiger partial charge < -0.3 is 9.47 Å². The number of carbonyl (C=O) groups is 1. The number of esters is 1. The molecule has 1 heterocycles. The molecule has 0 bridgehead atoms. The predicted octanol–water partition coefficient (Wildman–Crippen LogP) is 4.57. The molecule has 0 spiro atoms. The third-order valence-electron chi connectivity index (χ3n) is 3.77. The van der Waals surface area contributed by atoms with Crippen LogP contribution >= 0.6 is 11.3 Å². The summed E-state index contributed by atoms with van der Waals surface area (Å²) in [5.74, 6) is 0.239. The average molecular weight is 349 g/mol. The van der Waals surface area contributed by atoms with E-state index in [-0.39, 0.29) is 13.2 Å². The predicted molar refractivity (Wildman–Crippen MR) is 98.9 cm³/mol. The Morgan fingerprint density at radius 3 is 2.64 bits per heavy atom. The second-order valence-corrected chi connectivity index (χ2v) is 6.65. The fraction of sp³-hybridized carbons (Fsp3) is 0.100. The van der Waals surface area contributed by atoms with Crippen LogP contribution in [-0.2, 0) is 16.1 Å². The molecule has 124 valence electrons. The van der Waals surface area contributed by atoms with E-state index in [1.54, 1.807) is 0 Å². The van der Waals surface area contributed by atoms with Crippen molar-refractivity contribution in [3.05, 3.63) is 71.7 Å². The van der Waals surface area contributed by atoms with Crippen molar-refractivity contribution in [2.75, 3.05) is 6.61 Å². The van der Waals surface area contributed by atoms with Gasteiger partial charge in [-0.25, -0.2) is 9.78 Å². The third-order valence-corrected chi connectivity index (χ3v) is 4.78. The van der Waals surface area contributed by atoms with Crippen LogP contribution in [0.1, 0.15) is 5.01 Å². The second kappa shape index (κ2) is 6.91. The van der Waals surface area contributed by atoms with E-state index >= 15 is 0 Å². The van der Waals surface area contributed by atoms with Crippen LogP contribution in [-0.4, -0.2) is 17.6 Å². The Kier molecular flexibility index (Phi) is 4.31. The molecule has 0 saturated heterocycles. The highest BCUT2D eigenvalue weighted by Gasteiger charge is 2.08. The molecule has 0 amide bonds. The van der Waals surface area contributed by atoms with Crippen LogP contribution in [0.2, 0.25) is 0 Å². The highest BCUT2D eigenvalue weighted by molar-refractivity contribution is 7.18. The highest BCUT2D eigenvalue weighted by Crippen LogP contribution is 2.22. The minimum absolute atomic E-state index is 0.122. The molecule has 1 aromatic heterocycles. The molecule has 0 aliphatic heterocycles. The number of fused-ring (bicyclic) bond motifs is 2. The standard InChI is InChI=1S/C20H15NO3S/c22-20(24-12-19-21-17-7-3-4-8-18(17)25-19)13-23-16-10-9-14-5-1-2-6-15(14)11-16/h1-11H,12-13H2. The molecule has 0 unspecified atom stereocenters. The summed E-state index contributed by atoms with van der Waals surface area (Å²) in [6.07, 6.45) is 0. The summed E-state index contributed by atoms with van der Waals surface area (Å²) in [7, 11) is 0. The first-order chi connectivity index (χ1) is 12.3. The van der Waals surface area contributed by atoms with Gasteiger partial charge in [-0.1, -0.05) is 42.5 Å². The summed E-state index contributed by atoms with van der Waals surface area (Å²) in [4.78, 5) is 16.3. The number of thiazole rings is 1. The van der Waals surface area contributed by atoms with Crippen LogP contribution in [0.25, 0.3) is 21.0 Å². The fourth-order valence-corrected chi connectivity index (χ4v) is 3.45. The second-order valence-electron chi connectivity index (χ2n) is 5.53. The zero-order valence-electron chi connectivity index (χ0n) is 13.3. The van der Waals surface area contributed by atoms with Gasteiger partial charge in [-0.05, 0) is 35.0 Å². The normalized spacial score (nSPS) is 10.9. The van der Waals surface area contributed by atoms with Crippen LogP contribution in [0.5, 0.6) is 5.75 Å². The van der Waals surface area contributed by atoms with Crippen molar-refractivity contribution in [2.24, 2.45) is 0 Å². The van der Waals surface area contributed by atoms with Crippen molar-refractivity contribution in [3.63, 3.8) is 0 Å². The number of carbonyl (C=O) groups excluding carboxylic acids is 1. The summed E-state index contributed by atoms with van der Waals surface area (Å²) in [6, 6.07) is 21.6. The largest absolute Gasteiger partial charge is 0.482 e. The van der Waals surface area contributed by atoms with Gasteiger partial charge in [0.2, 0.25) is 0 Å². The number of hydrogen-bond acceptors (Lipinski definition) is 5. The first-order valence-corrected chi connectivity index (χ1v) is 8.71. The smallest absolute Gasteiger partial charge is 0.344 e. The number of nitrogens with zero attached hydrogens (tertiary/aromatic N) is 1. The van der Waals surface area contributed by atoms with Crippen molar-refractivity contribution in [1.29, 1.82) is 0 Å². The Labute approximate surface area is 148 Å². The molecule has 0 radical (unpaired) electrons. The molecule has 25 heavy (non-hydrogen) atoms. The van der Waals surface area contributed by atoms with E-state index in [0.29, 0.717) is 5.75 Å². The van der Waals surface area contributed by atoms with Gasteiger partial charge in [-0.2, -0.15) is 0 Å². The number of hydrogen-bond donors (Lipinski definition) is 0. The van der Waals surface area contributed by atoms with E-state index in [2.05, 4.69) is 4.98 Å². The van der Waals surface area contributed by atoms with Crippen molar-refractivity contribution in [1.82, 2.24) is 4.98 Å². The number of benzene rings is 3. The molecule has 0 aliphatic rings. The van der Waals surface area contributed by atoms with Gasteiger partial charge in [0, 0.05) is 0 Å². The van der Waals surface area contributed by atoms with Crippen molar-refractivity contribution >= 4 is 38.3 Å². The maximum absolute atomic E-state index is 11.9. The lowest BCUT2D eigenvalue weighted by Crippen LogP contribution is -2.14. The summed E-state index contributed by atoms with van der Waals surface area (Å²) >= 11 is 1.53. The van der Waals surface area contributed by atoms with Gasteiger partial charge in [0.15, 0.2) is 6.61 Å². The first kappa shape index (κ1) is 15.6. The van der Waals surface area contributed by atoms with Gasteiger partial charge in [-0.3, -0.25) is 0 Å². The van der Waals surface area contributed by atoms with E-state index < -0.39 is 5.97 Å². The quantitative estimate of drug-likeness (QED) is 0.495. The molecule has 0 aliphatic carbocycles. The van der Waals surface area contributed by atoms with E-state index in [0.717, 1.165) is 26.0 Å². The fourth-order valence-electron chi connectivity index (χ4n) is 2.57. The van der Waals surface area contributed by atoms with Crippen LogP contribution < -0.4 is 4.74 Å². The zero-order chi connectivity index (χ0) is 17.1. The Bertz CT molecular complexity index is 1010. The topological polar surface area (TPSA) is 48.4 Å².